The van der Waals surface area contributed by atoms with Crippen molar-refractivity contribution in [2.24, 2.45) is 0 Å². The molecule has 9 heteroatoms. The number of hydrogen-bond acceptors (Lipinski definition) is 3. The number of rotatable bonds is 2. The first-order valence-corrected chi connectivity index (χ1v) is 9.14. The lowest BCUT2D eigenvalue weighted by molar-refractivity contribution is -0.137. The van der Waals surface area contributed by atoms with E-state index in [1.54, 1.807) is 12.1 Å². The number of amides is 3. The van der Waals surface area contributed by atoms with Crippen LogP contribution in [0, 0.1) is 0 Å². The van der Waals surface area contributed by atoms with Gasteiger partial charge in [-0.2, -0.15) is 13.2 Å². The van der Waals surface area contributed by atoms with E-state index in [1.807, 2.05) is 6.07 Å². The largest absolute Gasteiger partial charge is 0.493 e. The summed E-state index contributed by atoms with van der Waals surface area (Å²) < 4.78 is 44.0. The summed E-state index contributed by atoms with van der Waals surface area (Å²) in [5, 5.41) is 8.24. The second-order valence-electron chi connectivity index (χ2n) is 6.96. The maximum Gasteiger partial charge on any atom is 0.416 e. The second-order valence-corrected chi connectivity index (χ2v) is 6.96. The molecule has 0 saturated heterocycles. The highest BCUT2D eigenvalue weighted by molar-refractivity contribution is 5.96. The van der Waals surface area contributed by atoms with Crippen molar-refractivity contribution >= 4 is 23.3 Å². The number of fused-ring (bicyclic) bond motifs is 2. The number of carbonyl (C=O) groups is 2. The number of ether oxygens (including phenoxy) is 1. The Labute approximate surface area is 164 Å². The van der Waals surface area contributed by atoms with Gasteiger partial charge in [0.1, 0.15) is 5.75 Å². The van der Waals surface area contributed by atoms with Gasteiger partial charge in [-0.25, -0.2) is 4.79 Å². The highest BCUT2D eigenvalue weighted by atomic mass is 19.4. The van der Waals surface area contributed by atoms with Crippen LogP contribution in [0.3, 0.4) is 0 Å². The first-order valence-electron chi connectivity index (χ1n) is 9.14. The second kappa shape index (κ2) is 7.31. The smallest absolute Gasteiger partial charge is 0.416 e. The molecule has 2 aromatic carbocycles. The third-order valence-corrected chi connectivity index (χ3v) is 4.95. The van der Waals surface area contributed by atoms with Gasteiger partial charge in [-0.1, -0.05) is 12.1 Å². The van der Waals surface area contributed by atoms with Gasteiger partial charge in [0.2, 0.25) is 5.91 Å². The Bertz CT molecular complexity index is 975. The Morgan fingerprint density at radius 3 is 2.76 bits per heavy atom. The van der Waals surface area contributed by atoms with E-state index in [4.69, 9.17) is 4.74 Å². The molecule has 2 aliphatic heterocycles. The first-order chi connectivity index (χ1) is 13.8. The van der Waals surface area contributed by atoms with Crippen molar-refractivity contribution in [1.82, 2.24) is 5.32 Å². The van der Waals surface area contributed by atoms with Crippen molar-refractivity contribution in [1.29, 1.82) is 0 Å². The molecule has 4 rings (SSSR count). The Morgan fingerprint density at radius 1 is 1.14 bits per heavy atom. The average molecular weight is 405 g/mol. The van der Waals surface area contributed by atoms with E-state index in [2.05, 4.69) is 16.0 Å². The van der Waals surface area contributed by atoms with E-state index >= 15 is 0 Å². The first kappa shape index (κ1) is 19.1. The molecule has 6 nitrogen and oxygen atoms in total. The van der Waals surface area contributed by atoms with Gasteiger partial charge in [0.05, 0.1) is 18.2 Å². The number of anilines is 2. The molecule has 0 aromatic heterocycles. The molecule has 3 amide bonds. The van der Waals surface area contributed by atoms with Crippen LogP contribution in [0.2, 0.25) is 0 Å². The summed E-state index contributed by atoms with van der Waals surface area (Å²) in [5.41, 5.74) is 1.86. The lowest BCUT2D eigenvalue weighted by Gasteiger charge is -2.27. The van der Waals surface area contributed by atoms with Crippen LogP contribution in [0.1, 0.15) is 35.6 Å². The van der Waals surface area contributed by atoms with E-state index in [1.165, 1.54) is 6.07 Å². The van der Waals surface area contributed by atoms with Crippen LogP contribution in [-0.2, 0) is 17.4 Å². The fraction of sp³-hybridized carbons (Fsp3) is 0.300. The van der Waals surface area contributed by atoms with Crippen molar-refractivity contribution in [2.45, 2.75) is 31.5 Å². The number of benzene rings is 2. The molecular formula is C20H18F3N3O3. The Kier molecular flexibility index (Phi) is 4.81. The third kappa shape index (κ3) is 4.13. The molecule has 0 fully saturated rings. The maximum absolute atomic E-state index is 12.9. The third-order valence-electron chi connectivity index (χ3n) is 4.95. The molecule has 1 atom stereocenters. The number of aryl methyl sites for hydroxylation is 1. The topological polar surface area (TPSA) is 79.5 Å². The zero-order valence-corrected chi connectivity index (χ0v) is 15.2. The van der Waals surface area contributed by atoms with Gasteiger partial charge in [-0.3, -0.25) is 4.79 Å². The molecule has 152 valence electrons. The van der Waals surface area contributed by atoms with Gasteiger partial charge in [0.25, 0.3) is 0 Å². The van der Waals surface area contributed by atoms with Crippen molar-refractivity contribution in [3.63, 3.8) is 0 Å². The highest BCUT2D eigenvalue weighted by Crippen LogP contribution is 2.38. The number of halogens is 3. The van der Waals surface area contributed by atoms with Crippen LogP contribution >= 0.6 is 0 Å². The zero-order valence-electron chi connectivity index (χ0n) is 15.2. The molecule has 2 aromatic rings. The lowest BCUT2D eigenvalue weighted by Crippen LogP contribution is -2.35. The van der Waals surface area contributed by atoms with Crippen LogP contribution in [0.25, 0.3) is 0 Å². The number of urea groups is 1. The minimum atomic E-state index is -4.46. The summed E-state index contributed by atoms with van der Waals surface area (Å²) in [4.78, 5) is 24.0. The van der Waals surface area contributed by atoms with E-state index in [-0.39, 0.29) is 18.3 Å². The summed E-state index contributed by atoms with van der Waals surface area (Å²) in [7, 11) is 0. The van der Waals surface area contributed by atoms with Crippen LogP contribution in [0.5, 0.6) is 5.75 Å². The molecule has 0 radical (unpaired) electrons. The molecule has 1 unspecified atom stereocenters. The standard InChI is InChI=1S/C20H18F3N3O3/c21-20(22,23)12-3-5-14-15(7-8-29-17(14)9-12)26-19(28)24-13-4-1-11-2-6-18(27)25-16(11)10-13/h1,3-5,9-10,15H,2,6-8H2,(H,25,27)(H2,24,26,28). The number of hydrogen-bond donors (Lipinski definition) is 3. The van der Waals surface area contributed by atoms with Gasteiger partial charge in [0, 0.05) is 29.8 Å². The number of carbonyl (C=O) groups excluding carboxylic acids is 2. The quantitative estimate of drug-likeness (QED) is 0.700. The van der Waals surface area contributed by atoms with Gasteiger partial charge in [0.15, 0.2) is 0 Å². The van der Waals surface area contributed by atoms with Gasteiger partial charge in [-0.05, 0) is 36.2 Å². The molecular weight excluding hydrogens is 387 g/mol. The Hall–Kier alpha value is -3.23. The van der Waals surface area contributed by atoms with Crippen LogP contribution < -0.4 is 20.7 Å². The van der Waals surface area contributed by atoms with Gasteiger partial charge < -0.3 is 20.7 Å². The summed E-state index contributed by atoms with van der Waals surface area (Å²) in [6.07, 6.45) is -2.95. The number of nitrogens with one attached hydrogen (secondary N) is 3. The zero-order chi connectivity index (χ0) is 20.6. The molecule has 0 bridgehead atoms. The SMILES string of the molecule is O=C1CCc2ccc(NC(=O)NC3CCOc4cc(C(F)(F)F)ccc43)cc2N1. The van der Waals surface area contributed by atoms with E-state index in [9.17, 15) is 22.8 Å². The minimum absolute atomic E-state index is 0.0730. The summed E-state index contributed by atoms with van der Waals surface area (Å²) in [6, 6.07) is 7.55. The number of alkyl halides is 3. The van der Waals surface area contributed by atoms with Gasteiger partial charge >= 0.3 is 12.2 Å². The van der Waals surface area contributed by atoms with Gasteiger partial charge in [-0.15, -0.1) is 0 Å². The van der Waals surface area contributed by atoms with Crippen LogP contribution in [0.4, 0.5) is 29.3 Å². The predicted octanol–water partition coefficient (Wildman–Crippen LogP) is 4.24. The fourth-order valence-electron chi connectivity index (χ4n) is 3.49. The molecule has 0 saturated carbocycles. The minimum Gasteiger partial charge on any atom is -0.493 e. The van der Waals surface area contributed by atoms with E-state index in [0.717, 1.165) is 17.7 Å². The summed E-state index contributed by atoms with van der Waals surface area (Å²) >= 11 is 0. The van der Waals surface area contributed by atoms with Crippen molar-refractivity contribution in [3.8, 4) is 5.75 Å². The van der Waals surface area contributed by atoms with Crippen LogP contribution in [0.15, 0.2) is 36.4 Å². The maximum atomic E-state index is 12.9. The van der Waals surface area contributed by atoms with Crippen molar-refractivity contribution in [2.75, 3.05) is 17.2 Å². The summed E-state index contributed by atoms with van der Waals surface area (Å²) in [5.74, 6) is 0.0454. The molecule has 2 aliphatic rings. The molecule has 0 spiro atoms. The van der Waals surface area contributed by atoms with Crippen molar-refractivity contribution in [3.05, 3.63) is 53.1 Å². The van der Waals surface area contributed by atoms with Crippen molar-refractivity contribution < 1.29 is 27.5 Å². The molecule has 0 aliphatic carbocycles. The van der Waals surface area contributed by atoms with E-state index in [0.29, 0.717) is 36.2 Å². The molecule has 2 heterocycles. The van der Waals surface area contributed by atoms with E-state index < -0.39 is 23.8 Å². The predicted molar refractivity (Wildman–Crippen MR) is 99.8 cm³/mol. The average Bonchev–Trinajstić information content (AvgIpc) is 2.66. The lowest BCUT2D eigenvalue weighted by atomic mass is 9.98. The monoisotopic (exact) mass is 405 g/mol. The fourth-order valence-corrected chi connectivity index (χ4v) is 3.49. The summed E-state index contributed by atoms with van der Waals surface area (Å²) in [6.45, 7) is 0.199. The Balaban J connectivity index is 1.46. The molecule has 29 heavy (non-hydrogen) atoms. The molecule has 3 N–H and O–H groups in total. The Morgan fingerprint density at radius 2 is 1.97 bits per heavy atom. The highest BCUT2D eigenvalue weighted by Gasteiger charge is 2.33. The van der Waals surface area contributed by atoms with Crippen LogP contribution in [-0.4, -0.2) is 18.5 Å². The normalized spacial score (nSPS) is 18.0.